The van der Waals surface area contributed by atoms with E-state index in [0.29, 0.717) is 13.1 Å². The number of aromatic nitrogens is 2. The fourth-order valence-electron chi connectivity index (χ4n) is 3.28. The number of hydrogen-bond donors (Lipinski definition) is 0. The van der Waals surface area contributed by atoms with Crippen molar-refractivity contribution in [2.75, 3.05) is 5.88 Å². The SMILES string of the molecule is Cn1nc(CN(Cc2ccco2)C(=O)C(C)(C)CCl)c2c1CCC2. The van der Waals surface area contributed by atoms with Crippen molar-refractivity contribution in [2.24, 2.45) is 12.5 Å². The van der Waals surface area contributed by atoms with E-state index < -0.39 is 5.41 Å². The lowest BCUT2D eigenvalue weighted by molar-refractivity contribution is -0.140. The molecule has 0 unspecified atom stereocenters. The van der Waals surface area contributed by atoms with Crippen LogP contribution in [0.1, 0.15) is 43.0 Å². The second kappa shape index (κ2) is 6.63. The number of carbonyl (C=O) groups excluding carboxylic acids is 1. The average molecular weight is 350 g/mol. The lowest BCUT2D eigenvalue weighted by atomic mass is 9.94. The highest BCUT2D eigenvalue weighted by Gasteiger charge is 2.33. The van der Waals surface area contributed by atoms with E-state index in [0.717, 1.165) is 30.7 Å². The minimum Gasteiger partial charge on any atom is -0.467 e. The molecule has 0 saturated heterocycles. The molecular weight excluding hydrogens is 326 g/mol. The molecule has 0 fully saturated rings. The summed E-state index contributed by atoms with van der Waals surface area (Å²) in [5, 5.41) is 4.65. The maximum Gasteiger partial charge on any atom is 0.230 e. The number of halogens is 1. The average Bonchev–Trinajstić information content (AvgIpc) is 3.27. The Kier molecular flexibility index (Phi) is 4.72. The molecule has 0 saturated carbocycles. The van der Waals surface area contributed by atoms with Gasteiger partial charge in [-0.05, 0) is 50.8 Å². The quantitative estimate of drug-likeness (QED) is 0.752. The first-order valence-electron chi connectivity index (χ1n) is 8.33. The van der Waals surface area contributed by atoms with Crippen LogP contribution in [0.4, 0.5) is 0 Å². The van der Waals surface area contributed by atoms with Crippen molar-refractivity contribution in [3.05, 3.63) is 41.1 Å². The minimum atomic E-state index is -0.619. The molecule has 0 aromatic carbocycles. The predicted octanol–water partition coefficient (Wildman–Crippen LogP) is 3.30. The summed E-state index contributed by atoms with van der Waals surface area (Å²) in [5.41, 5.74) is 2.98. The molecule has 0 spiro atoms. The van der Waals surface area contributed by atoms with E-state index in [9.17, 15) is 4.79 Å². The molecule has 24 heavy (non-hydrogen) atoms. The summed E-state index contributed by atoms with van der Waals surface area (Å²) >= 11 is 6.02. The first kappa shape index (κ1) is 17.1. The zero-order chi connectivity index (χ0) is 17.3. The summed E-state index contributed by atoms with van der Waals surface area (Å²) in [7, 11) is 1.98. The zero-order valence-electron chi connectivity index (χ0n) is 14.5. The molecular formula is C18H24ClN3O2. The maximum absolute atomic E-state index is 13.0. The molecule has 1 amide bonds. The van der Waals surface area contributed by atoms with Crippen molar-refractivity contribution in [1.82, 2.24) is 14.7 Å². The lowest BCUT2D eigenvalue weighted by Gasteiger charge is -2.30. The summed E-state index contributed by atoms with van der Waals surface area (Å²) in [6, 6.07) is 3.72. The van der Waals surface area contributed by atoms with Crippen LogP contribution < -0.4 is 0 Å². The number of nitrogens with zero attached hydrogens (tertiary/aromatic N) is 3. The van der Waals surface area contributed by atoms with Gasteiger partial charge in [-0.1, -0.05) is 0 Å². The van der Waals surface area contributed by atoms with E-state index in [4.69, 9.17) is 16.0 Å². The summed E-state index contributed by atoms with van der Waals surface area (Å²) < 4.78 is 7.40. The van der Waals surface area contributed by atoms with Gasteiger partial charge in [-0.15, -0.1) is 11.6 Å². The molecule has 0 N–H and O–H groups in total. The third kappa shape index (κ3) is 3.22. The first-order valence-corrected chi connectivity index (χ1v) is 8.87. The molecule has 0 bridgehead atoms. The number of hydrogen-bond acceptors (Lipinski definition) is 3. The normalized spacial score (nSPS) is 14.0. The van der Waals surface area contributed by atoms with Crippen molar-refractivity contribution >= 4 is 17.5 Å². The maximum atomic E-state index is 13.0. The Bertz CT molecular complexity index is 719. The van der Waals surface area contributed by atoms with Gasteiger partial charge in [-0.2, -0.15) is 5.10 Å². The summed E-state index contributed by atoms with van der Waals surface area (Å²) in [4.78, 5) is 14.8. The minimum absolute atomic E-state index is 0.0197. The van der Waals surface area contributed by atoms with Gasteiger partial charge in [0.2, 0.25) is 5.91 Å². The number of furan rings is 1. The van der Waals surface area contributed by atoms with E-state index in [1.54, 1.807) is 6.26 Å². The number of aryl methyl sites for hydroxylation is 1. The molecule has 2 aromatic heterocycles. The van der Waals surface area contributed by atoms with Crippen molar-refractivity contribution in [3.63, 3.8) is 0 Å². The number of fused-ring (bicyclic) bond motifs is 1. The van der Waals surface area contributed by atoms with E-state index in [2.05, 4.69) is 5.10 Å². The van der Waals surface area contributed by atoms with Gasteiger partial charge in [0.25, 0.3) is 0 Å². The van der Waals surface area contributed by atoms with Crippen LogP contribution in [-0.4, -0.2) is 26.5 Å². The second-order valence-electron chi connectivity index (χ2n) is 7.11. The molecule has 6 heteroatoms. The molecule has 0 radical (unpaired) electrons. The fraction of sp³-hybridized carbons (Fsp3) is 0.556. The van der Waals surface area contributed by atoms with Crippen LogP contribution in [0.5, 0.6) is 0 Å². The molecule has 3 rings (SSSR count). The van der Waals surface area contributed by atoms with Crippen LogP contribution in [0.2, 0.25) is 0 Å². The van der Waals surface area contributed by atoms with Gasteiger partial charge < -0.3 is 9.32 Å². The largest absolute Gasteiger partial charge is 0.467 e. The Hall–Kier alpha value is -1.75. The van der Waals surface area contributed by atoms with Gasteiger partial charge in [0, 0.05) is 18.6 Å². The monoisotopic (exact) mass is 349 g/mol. The number of rotatable bonds is 6. The number of alkyl halides is 1. The fourth-order valence-corrected chi connectivity index (χ4v) is 3.40. The van der Waals surface area contributed by atoms with Gasteiger partial charge in [-0.25, -0.2) is 0 Å². The topological polar surface area (TPSA) is 51.3 Å². The van der Waals surface area contributed by atoms with Gasteiger partial charge in [0.15, 0.2) is 0 Å². The van der Waals surface area contributed by atoms with Crippen molar-refractivity contribution in [2.45, 2.75) is 46.2 Å². The van der Waals surface area contributed by atoms with Crippen molar-refractivity contribution in [1.29, 1.82) is 0 Å². The van der Waals surface area contributed by atoms with Crippen LogP contribution in [0, 0.1) is 5.41 Å². The van der Waals surface area contributed by atoms with Crippen molar-refractivity contribution < 1.29 is 9.21 Å². The molecule has 1 aliphatic rings. The Morgan fingerprint density at radius 2 is 2.21 bits per heavy atom. The molecule has 0 aliphatic heterocycles. The highest BCUT2D eigenvalue weighted by molar-refractivity contribution is 6.19. The zero-order valence-corrected chi connectivity index (χ0v) is 15.3. The summed E-state index contributed by atoms with van der Waals surface area (Å²) in [6.45, 7) is 4.67. The number of carbonyl (C=O) groups is 1. The predicted molar refractivity (Wildman–Crippen MR) is 92.7 cm³/mol. The van der Waals surface area contributed by atoms with E-state index >= 15 is 0 Å². The standard InChI is InChI=1S/C18H24ClN3O2/c1-18(2,12-19)17(23)22(10-13-6-5-9-24-13)11-15-14-7-4-8-16(14)21(3)20-15/h5-6,9H,4,7-8,10-12H2,1-3H3. The summed E-state index contributed by atoms with van der Waals surface area (Å²) in [6.07, 6.45) is 4.90. The Labute approximate surface area is 147 Å². The van der Waals surface area contributed by atoms with E-state index in [1.165, 1.54) is 11.3 Å². The Morgan fingerprint density at radius 1 is 1.42 bits per heavy atom. The molecule has 2 heterocycles. The van der Waals surface area contributed by atoms with Gasteiger partial charge >= 0.3 is 0 Å². The third-order valence-corrected chi connectivity index (χ3v) is 5.33. The first-order chi connectivity index (χ1) is 11.4. The third-order valence-electron chi connectivity index (χ3n) is 4.67. The van der Waals surface area contributed by atoms with Crippen molar-refractivity contribution in [3.8, 4) is 0 Å². The summed E-state index contributed by atoms with van der Waals surface area (Å²) in [5.74, 6) is 1.06. The molecule has 1 aliphatic carbocycles. The van der Waals surface area contributed by atoms with Crippen LogP contribution in [0.3, 0.4) is 0 Å². The van der Waals surface area contributed by atoms with Gasteiger partial charge in [-0.3, -0.25) is 9.48 Å². The Balaban J connectivity index is 1.87. The van der Waals surface area contributed by atoms with Crippen LogP contribution in [0.25, 0.3) is 0 Å². The smallest absolute Gasteiger partial charge is 0.230 e. The van der Waals surface area contributed by atoms with Gasteiger partial charge in [0.05, 0.1) is 30.5 Å². The van der Waals surface area contributed by atoms with E-state index in [-0.39, 0.29) is 11.8 Å². The molecule has 5 nitrogen and oxygen atoms in total. The highest BCUT2D eigenvalue weighted by atomic mass is 35.5. The van der Waals surface area contributed by atoms with Crippen LogP contribution in [-0.2, 0) is 37.8 Å². The molecule has 130 valence electrons. The van der Waals surface area contributed by atoms with Crippen LogP contribution >= 0.6 is 11.6 Å². The molecule has 2 aromatic rings. The number of amides is 1. The second-order valence-corrected chi connectivity index (χ2v) is 7.37. The lowest BCUT2D eigenvalue weighted by Crippen LogP contribution is -2.41. The van der Waals surface area contributed by atoms with Crippen LogP contribution in [0.15, 0.2) is 22.8 Å². The molecule has 0 atom stereocenters. The Morgan fingerprint density at radius 3 is 2.88 bits per heavy atom. The highest BCUT2D eigenvalue weighted by Crippen LogP contribution is 2.28. The van der Waals surface area contributed by atoms with E-state index in [1.807, 2.05) is 42.6 Å². The van der Waals surface area contributed by atoms with Gasteiger partial charge in [0.1, 0.15) is 5.76 Å².